The largest absolute Gasteiger partial charge is 0.361 e. The Labute approximate surface area is 151 Å². The van der Waals surface area contributed by atoms with Gasteiger partial charge in [0.15, 0.2) is 0 Å². The Morgan fingerprint density at radius 3 is 2.80 bits per heavy atom. The van der Waals surface area contributed by atoms with E-state index in [2.05, 4.69) is 15.0 Å². The van der Waals surface area contributed by atoms with Crippen molar-refractivity contribution < 1.29 is 9.32 Å². The minimum Gasteiger partial charge on any atom is -0.361 e. The minimum atomic E-state index is 0.0108. The molecule has 3 saturated heterocycles. The first-order valence-electron chi connectivity index (χ1n) is 8.61. The van der Waals surface area contributed by atoms with Gasteiger partial charge in [-0.25, -0.2) is 4.98 Å². The molecule has 2 aromatic rings. The predicted octanol–water partition coefficient (Wildman–Crippen LogP) is 2.97. The van der Waals surface area contributed by atoms with Gasteiger partial charge in [-0.05, 0) is 38.8 Å². The van der Waals surface area contributed by atoms with Crippen LogP contribution in [0.3, 0.4) is 0 Å². The monoisotopic (exact) mass is 360 g/mol. The highest BCUT2D eigenvalue weighted by Crippen LogP contribution is 2.33. The van der Waals surface area contributed by atoms with E-state index in [0.717, 1.165) is 42.2 Å². The molecule has 7 heteroatoms. The summed E-state index contributed by atoms with van der Waals surface area (Å²) >= 11 is 5.95. The van der Waals surface area contributed by atoms with Crippen LogP contribution in [0.2, 0.25) is 5.02 Å². The lowest BCUT2D eigenvalue weighted by molar-refractivity contribution is -0.140. The van der Waals surface area contributed by atoms with Crippen molar-refractivity contribution in [2.75, 3.05) is 18.0 Å². The second kappa shape index (κ2) is 6.33. The average Bonchev–Trinajstić information content (AvgIpc) is 2.78. The third-order valence-corrected chi connectivity index (χ3v) is 5.56. The molecular formula is C18H21ClN4O2. The fraction of sp³-hybridized carbons (Fsp3) is 0.500. The fourth-order valence-corrected chi connectivity index (χ4v) is 4.00. The van der Waals surface area contributed by atoms with Gasteiger partial charge in [0.25, 0.3) is 0 Å². The molecular weight excluding hydrogens is 340 g/mol. The maximum atomic E-state index is 13.0. The van der Waals surface area contributed by atoms with Crippen molar-refractivity contribution in [3.63, 3.8) is 0 Å². The lowest BCUT2D eigenvalue weighted by Crippen LogP contribution is -2.47. The summed E-state index contributed by atoms with van der Waals surface area (Å²) in [4.78, 5) is 21.6. The van der Waals surface area contributed by atoms with Crippen molar-refractivity contribution in [1.29, 1.82) is 0 Å². The Balaban J connectivity index is 1.59. The van der Waals surface area contributed by atoms with Crippen molar-refractivity contribution in [2.45, 2.75) is 39.3 Å². The molecule has 0 aliphatic carbocycles. The number of halogens is 1. The van der Waals surface area contributed by atoms with E-state index in [1.54, 1.807) is 6.20 Å². The smallest absolute Gasteiger partial charge is 0.228 e. The van der Waals surface area contributed by atoms with Crippen LogP contribution in [0.5, 0.6) is 0 Å². The normalized spacial score (nSPS) is 23.2. The molecule has 0 N–H and O–H groups in total. The molecule has 2 atom stereocenters. The SMILES string of the molecule is Cc1noc(C)c1CN1C(=O)[C@@H]2CC[C@H]1CN(c1ccc(Cl)cn1)C2. The third-order valence-electron chi connectivity index (χ3n) is 5.34. The summed E-state index contributed by atoms with van der Waals surface area (Å²) in [5, 5.41) is 4.64. The first-order valence-corrected chi connectivity index (χ1v) is 8.99. The van der Waals surface area contributed by atoms with Gasteiger partial charge in [-0.3, -0.25) is 4.79 Å². The summed E-state index contributed by atoms with van der Waals surface area (Å²) in [6.45, 7) is 5.90. The van der Waals surface area contributed by atoms with Crippen molar-refractivity contribution >= 4 is 23.3 Å². The number of hydrogen-bond acceptors (Lipinski definition) is 5. The van der Waals surface area contributed by atoms with Crippen LogP contribution in [-0.4, -0.2) is 40.1 Å². The van der Waals surface area contributed by atoms with Gasteiger partial charge in [-0.15, -0.1) is 0 Å². The van der Waals surface area contributed by atoms with Gasteiger partial charge >= 0.3 is 0 Å². The Hall–Kier alpha value is -2.08. The van der Waals surface area contributed by atoms with Crippen LogP contribution < -0.4 is 4.90 Å². The van der Waals surface area contributed by atoms with Gasteiger partial charge in [0.05, 0.1) is 23.2 Å². The second-order valence-corrected chi connectivity index (χ2v) is 7.37. The zero-order chi connectivity index (χ0) is 17.6. The molecule has 0 spiro atoms. The first kappa shape index (κ1) is 16.4. The molecule has 3 fully saturated rings. The van der Waals surface area contributed by atoms with E-state index in [4.69, 9.17) is 16.1 Å². The van der Waals surface area contributed by atoms with Gasteiger partial charge in [0.2, 0.25) is 5.91 Å². The number of aromatic nitrogens is 2. The van der Waals surface area contributed by atoms with E-state index in [1.165, 1.54) is 0 Å². The highest BCUT2D eigenvalue weighted by Gasteiger charge is 2.41. The Kier molecular flexibility index (Phi) is 4.15. The fourth-order valence-electron chi connectivity index (χ4n) is 3.89. The summed E-state index contributed by atoms with van der Waals surface area (Å²) in [5.74, 6) is 1.92. The number of nitrogens with zero attached hydrogens (tertiary/aromatic N) is 4. The van der Waals surface area contributed by atoms with Crippen molar-refractivity contribution in [3.05, 3.63) is 40.4 Å². The molecule has 0 radical (unpaired) electrons. The molecule has 0 saturated carbocycles. The van der Waals surface area contributed by atoms with Crippen molar-refractivity contribution in [1.82, 2.24) is 15.0 Å². The average molecular weight is 361 g/mol. The molecule has 25 heavy (non-hydrogen) atoms. The summed E-state index contributed by atoms with van der Waals surface area (Å²) in [5.41, 5.74) is 1.89. The minimum absolute atomic E-state index is 0.0108. The summed E-state index contributed by atoms with van der Waals surface area (Å²) < 4.78 is 5.26. The van der Waals surface area contributed by atoms with Crippen LogP contribution in [0.1, 0.15) is 29.9 Å². The van der Waals surface area contributed by atoms with Gasteiger partial charge in [0, 0.05) is 30.9 Å². The molecule has 132 valence electrons. The van der Waals surface area contributed by atoms with Crippen LogP contribution in [0.25, 0.3) is 0 Å². The molecule has 0 unspecified atom stereocenters. The zero-order valence-electron chi connectivity index (χ0n) is 14.4. The van der Waals surface area contributed by atoms with E-state index >= 15 is 0 Å². The van der Waals surface area contributed by atoms with Gasteiger partial charge in [-0.2, -0.15) is 0 Å². The van der Waals surface area contributed by atoms with E-state index in [1.807, 2.05) is 30.9 Å². The molecule has 2 aromatic heterocycles. The van der Waals surface area contributed by atoms with Crippen molar-refractivity contribution in [3.8, 4) is 0 Å². The second-order valence-electron chi connectivity index (χ2n) is 6.94. The molecule has 6 nitrogen and oxygen atoms in total. The van der Waals surface area contributed by atoms with Crippen molar-refractivity contribution in [2.24, 2.45) is 5.92 Å². The number of carbonyl (C=O) groups is 1. The molecule has 1 amide bonds. The number of aryl methyl sites for hydroxylation is 2. The number of rotatable bonds is 3. The standard InChI is InChI=1S/C18H21ClN4O2/c1-11-16(12(2)25-21-11)10-23-15-5-3-13(18(23)24)8-22(9-15)17-6-4-14(19)7-20-17/h4,6-7,13,15H,3,5,8-10H2,1-2H3/t13-,15+/m1/s1. The topological polar surface area (TPSA) is 62.5 Å². The molecule has 0 aromatic carbocycles. The molecule has 3 aliphatic rings. The van der Waals surface area contributed by atoms with Crippen LogP contribution in [-0.2, 0) is 11.3 Å². The number of anilines is 1. The van der Waals surface area contributed by atoms with Gasteiger partial charge in [-0.1, -0.05) is 16.8 Å². The summed E-state index contributed by atoms with van der Waals surface area (Å²) in [7, 11) is 0. The van der Waals surface area contributed by atoms with E-state index in [-0.39, 0.29) is 17.9 Å². The Morgan fingerprint density at radius 1 is 1.28 bits per heavy atom. The third kappa shape index (κ3) is 2.99. The summed E-state index contributed by atoms with van der Waals surface area (Å²) in [6.07, 6.45) is 3.61. The van der Waals surface area contributed by atoms with Crippen LogP contribution in [0.4, 0.5) is 5.82 Å². The molecule has 2 bridgehead atoms. The molecule has 3 aliphatic heterocycles. The van der Waals surface area contributed by atoms with E-state index < -0.39 is 0 Å². The number of piperidine rings is 1. The number of fused-ring (bicyclic) bond motifs is 4. The number of carbonyl (C=O) groups excluding carboxylic acids is 1. The van der Waals surface area contributed by atoms with E-state index in [9.17, 15) is 4.79 Å². The lowest BCUT2D eigenvalue weighted by Gasteiger charge is -2.35. The van der Waals surface area contributed by atoms with Gasteiger partial charge < -0.3 is 14.3 Å². The predicted molar refractivity (Wildman–Crippen MR) is 94.5 cm³/mol. The molecule has 5 rings (SSSR count). The first-order chi connectivity index (χ1) is 12.0. The van der Waals surface area contributed by atoms with E-state index in [0.29, 0.717) is 18.1 Å². The highest BCUT2D eigenvalue weighted by molar-refractivity contribution is 6.30. The highest BCUT2D eigenvalue weighted by atomic mass is 35.5. The number of amides is 1. The summed E-state index contributed by atoms with van der Waals surface area (Å²) in [6, 6.07) is 3.95. The number of hydrogen-bond donors (Lipinski definition) is 0. The van der Waals surface area contributed by atoms with Crippen LogP contribution in [0, 0.1) is 19.8 Å². The maximum Gasteiger partial charge on any atom is 0.228 e. The van der Waals surface area contributed by atoms with Crippen LogP contribution in [0.15, 0.2) is 22.9 Å². The lowest BCUT2D eigenvalue weighted by atomic mass is 9.93. The zero-order valence-corrected chi connectivity index (χ0v) is 15.2. The Morgan fingerprint density at radius 2 is 2.12 bits per heavy atom. The Bertz CT molecular complexity index is 769. The maximum absolute atomic E-state index is 13.0. The van der Waals surface area contributed by atoms with Gasteiger partial charge in [0.1, 0.15) is 11.6 Å². The van der Waals surface area contributed by atoms with Crippen LogP contribution >= 0.6 is 11.6 Å². The number of pyridine rings is 1. The quantitative estimate of drug-likeness (QED) is 0.842. The molecule has 5 heterocycles.